The molecule has 7 heteroatoms. The van der Waals surface area contributed by atoms with Crippen LogP contribution in [0.3, 0.4) is 0 Å². The fraction of sp³-hybridized carbons (Fsp3) is 0.478. The minimum absolute atomic E-state index is 0.00235. The Balaban J connectivity index is 1.28. The van der Waals surface area contributed by atoms with Gasteiger partial charge in [0, 0.05) is 4.88 Å². The maximum Gasteiger partial charge on any atom is 0.259 e. The van der Waals surface area contributed by atoms with Crippen molar-refractivity contribution < 1.29 is 9.47 Å². The summed E-state index contributed by atoms with van der Waals surface area (Å²) in [7, 11) is 0. The zero-order valence-electron chi connectivity index (χ0n) is 17.4. The van der Waals surface area contributed by atoms with Crippen LogP contribution >= 0.6 is 11.3 Å². The fourth-order valence-corrected chi connectivity index (χ4v) is 5.73. The Labute approximate surface area is 179 Å². The number of ether oxygens (including phenoxy) is 2. The minimum atomic E-state index is -0.0302. The van der Waals surface area contributed by atoms with Crippen LogP contribution in [-0.4, -0.2) is 29.7 Å². The third kappa shape index (κ3) is 3.72. The van der Waals surface area contributed by atoms with Crippen LogP contribution in [-0.2, 0) is 19.3 Å². The number of aromatic nitrogens is 2. The topological polar surface area (TPSA) is 76.2 Å². The van der Waals surface area contributed by atoms with Gasteiger partial charge in [0.25, 0.3) is 5.56 Å². The van der Waals surface area contributed by atoms with Crippen molar-refractivity contribution in [2.45, 2.75) is 45.6 Å². The predicted molar refractivity (Wildman–Crippen MR) is 119 cm³/mol. The number of thiophene rings is 1. The van der Waals surface area contributed by atoms with Crippen molar-refractivity contribution in [1.82, 2.24) is 15.3 Å². The highest BCUT2D eigenvalue weighted by molar-refractivity contribution is 7.18. The van der Waals surface area contributed by atoms with Gasteiger partial charge in [-0.25, -0.2) is 4.98 Å². The third-order valence-corrected chi connectivity index (χ3v) is 7.21. The zero-order chi connectivity index (χ0) is 20.7. The molecule has 0 amide bonds. The standard InChI is InChI=1S/C23H27N3O3S/c1-13-3-5-16-19(11-13)30-23-20(16)22(27)25-21(26-23)14(2)24-8-7-15-4-6-17-18(12-15)29-10-9-28-17/h4,6,12-14,24H,3,5,7-11H2,1-2H3,(H,25,26,27)/t13-,14-/m0/s1. The fourth-order valence-electron chi connectivity index (χ4n) is 4.34. The van der Waals surface area contributed by atoms with E-state index in [2.05, 4.69) is 23.3 Å². The van der Waals surface area contributed by atoms with Gasteiger partial charge in [0.15, 0.2) is 11.5 Å². The second kappa shape index (κ2) is 8.04. The van der Waals surface area contributed by atoms with Crippen molar-refractivity contribution in [3.63, 3.8) is 0 Å². The Bertz CT molecular complexity index is 1140. The second-order valence-corrected chi connectivity index (χ2v) is 9.47. The Kier molecular flexibility index (Phi) is 5.25. The molecular formula is C23H27N3O3S. The van der Waals surface area contributed by atoms with E-state index in [9.17, 15) is 4.79 Å². The number of fused-ring (bicyclic) bond motifs is 4. The van der Waals surface area contributed by atoms with Gasteiger partial charge in [0.05, 0.1) is 11.4 Å². The van der Waals surface area contributed by atoms with Gasteiger partial charge in [-0.2, -0.15) is 0 Å². The van der Waals surface area contributed by atoms with Gasteiger partial charge in [-0.3, -0.25) is 4.79 Å². The van der Waals surface area contributed by atoms with Crippen molar-refractivity contribution >= 4 is 21.6 Å². The molecule has 0 spiro atoms. The average molecular weight is 426 g/mol. The highest BCUT2D eigenvalue weighted by Gasteiger charge is 2.23. The molecule has 0 radical (unpaired) electrons. The summed E-state index contributed by atoms with van der Waals surface area (Å²) < 4.78 is 11.2. The molecule has 5 rings (SSSR count). The van der Waals surface area contributed by atoms with E-state index in [0.29, 0.717) is 25.0 Å². The van der Waals surface area contributed by atoms with Crippen LogP contribution in [0.2, 0.25) is 0 Å². The van der Waals surface area contributed by atoms with E-state index < -0.39 is 0 Å². The Hall–Kier alpha value is -2.38. The van der Waals surface area contributed by atoms with E-state index in [4.69, 9.17) is 14.5 Å². The summed E-state index contributed by atoms with van der Waals surface area (Å²) >= 11 is 1.70. The van der Waals surface area contributed by atoms with Crippen LogP contribution in [0.5, 0.6) is 11.5 Å². The van der Waals surface area contributed by atoms with Gasteiger partial charge in [-0.15, -0.1) is 11.3 Å². The van der Waals surface area contributed by atoms with Crippen LogP contribution in [0.25, 0.3) is 10.2 Å². The van der Waals surface area contributed by atoms with E-state index >= 15 is 0 Å². The zero-order valence-corrected chi connectivity index (χ0v) is 18.2. The van der Waals surface area contributed by atoms with Gasteiger partial charge >= 0.3 is 0 Å². The first-order valence-electron chi connectivity index (χ1n) is 10.7. The maximum atomic E-state index is 12.8. The minimum Gasteiger partial charge on any atom is -0.486 e. The quantitative estimate of drug-likeness (QED) is 0.651. The number of benzene rings is 1. The lowest BCUT2D eigenvalue weighted by Crippen LogP contribution is -2.25. The molecule has 2 atom stereocenters. The van der Waals surface area contributed by atoms with Crippen molar-refractivity contribution in [2.24, 2.45) is 5.92 Å². The second-order valence-electron chi connectivity index (χ2n) is 8.39. The van der Waals surface area contributed by atoms with Gasteiger partial charge < -0.3 is 19.8 Å². The lowest BCUT2D eigenvalue weighted by atomic mass is 9.89. The van der Waals surface area contributed by atoms with E-state index in [1.807, 2.05) is 19.1 Å². The largest absolute Gasteiger partial charge is 0.486 e. The molecule has 2 aliphatic rings. The summed E-state index contributed by atoms with van der Waals surface area (Å²) in [5.41, 5.74) is 2.42. The number of H-pyrrole nitrogens is 1. The van der Waals surface area contributed by atoms with E-state index in [1.54, 1.807) is 11.3 Å². The predicted octanol–water partition coefficient (Wildman–Crippen LogP) is 3.77. The van der Waals surface area contributed by atoms with Crippen LogP contribution in [0, 0.1) is 5.92 Å². The van der Waals surface area contributed by atoms with Crippen molar-refractivity contribution in [1.29, 1.82) is 0 Å². The summed E-state index contributed by atoms with van der Waals surface area (Å²) in [4.78, 5) is 22.9. The summed E-state index contributed by atoms with van der Waals surface area (Å²) in [5.74, 6) is 3.03. The number of nitrogens with one attached hydrogen (secondary N) is 2. The first-order valence-corrected chi connectivity index (χ1v) is 11.6. The number of aromatic amines is 1. The Morgan fingerprint density at radius 2 is 2.13 bits per heavy atom. The van der Waals surface area contributed by atoms with Crippen molar-refractivity contribution in [2.75, 3.05) is 19.8 Å². The molecule has 1 aliphatic carbocycles. The molecule has 1 aliphatic heterocycles. The molecule has 6 nitrogen and oxygen atoms in total. The Morgan fingerprint density at radius 3 is 3.00 bits per heavy atom. The monoisotopic (exact) mass is 425 g/mol. The third-order valence-electron chi connectivity index (χ3n) is 6.06. The molecule has 0 bridgehead atoms. The first-order chi connectivity index (χ1) is 14.6. The van der Waals surface area contributed by atoms with Crippen LogP contribution in [0.1, 0.15) is 48.1 Å². The van der Waals surface area contributed by atoms with E-state index in [-0.39, 0.29) is 11.6 Å². The molecule has 2 aromatic heterocycles. The van der Waals surface area contributed by atoms with Gasteiger partial charge in [0.2, 0.25) is 0 Å². The first kappa shape index (κ1) is 19.6. The van der Waals surface area contributed by atoms with Crippen molar-refractivity contribution in [3.05, 3.63) is 50.4 Å². The van der Waals surface area contributed by atoms with Crippen LogP contribution in [0.15, 0.2) is 23.0 Å². The molecular weight excluding hydrogens is 398 g/mol. The number of hydrogen-bond acceptors (Lipinski definition) is 6. The average Bonchev–Trinajstić information content (AvgIpc) is 3.11. The molecule has 2 N–H and O–H groups in total. The van der Waals surface area contributed by atoms with E-state index in [0.717, 1.165) is 53.9 Å². The maximum absolute atomic E-state index is 12.8. The highest BCUT2D eigenvalue weighted by Crippen LogP contribution is 2.36. The molecule has 158 valence electrons. The smallest absolute Gasteiger partial charge is 0.259 e. The van der Waals surface area contributed by atoms with E-state index in [1.165, 1.54) is 16.0 Å². The van der Waals surface area contributed by atoms with Gasteiger partial charge in [-0.1, -0.05) is 13.0 Å². The molecule has 0 unspecified atom stereocenters. The summed E-state index contributed by atoms with van der Waals surface area (Å²) in [6.45, 7) is 6.31. The number of hydrogen-bond donors (Lipinski definition) is 2. The number of aryl methyl sites for hydroxylation is 1. The van der Waals surface area contributed by atoms with Crippen LogP contribution < -0.4 is 20.3 Å². The molecule has 0 fully saturated rings. The molecule has 0 saturated carbocycles. The molecule has 1 aromatic carbocycles. The SMILES string of the molecule is C[C@H]1CCc2c(sc3nc([C@H](C)NCCc4ccc5c(c4)OCCO5)[nH]c(=O)c23)C1. The number of nitrogens with zero attached hydrogens (tertiary/aromatic N) is 1. The summed E-state index contributed by atoms with van der Waals surface area (Å²) in [5, 5.41) is 4.30. The summed E-state index contributed by atoms with van der Waals surface area (Å²) in [6, 6.07) is 6.06. The number of rotatable bonds is 5. The lowest BCUT2D eigenvalue weighted by molar-refractivity contribution is 0.171. The molecule has 3 aromatic rings. The molecule has 30 heavy (non-hydrogen) atoms. The van der Waals surface area contributed by atoms with Gasteiger partial charge in [-0.05, 0) is 68.3 Å². The molecule has 0 saturated heterocycles. The van der Waals surface area contributed by atoms with Gasteiger partial charge in [0.1, 0.15) is 23.9 Å². The van der Waals surface area contributed by atoms with Crippen LogP contribution in [0.4, 0.5) is 0 Å². The molecule has 3 heterocycles. The van der Waals surface area contributed by atoms with Crippen molar-refractivity contribution in [3.8, 4) is 11.5 Å². The normalized spacial score (nSPS) is 18.9. The Morgan fingerprint density at radius 1 is 1.30 bits per heavy atom. The summed E-state index contributed by atoms with van der Waals surface area (Å²) in [6.07, 6.45) is 4.06. The lowest BCUT2D eigenvalue weighted by Gasteiger charge is -2.19. The highest BCUT2D eigenvalue weighted by atomic mass is 32.1.